The number of aliphatic hydroxyl groups excluding tert-OH is 1. The van der Waals surface area contributed by atoms with Crippen molar-refractivity contribution >= 4 is 23.4 Å². The molecule has 254 valence electrons. The number of piperazine rings is 1. The molecule has 0 unspecified atom stereocenters. The van der Waals surface area contributed by atoms with Gasteiger partial charge in [0.25, 0.3) is 12.3 Å². The Morgan fingerprint density at radius 3 is 2.58 bits per heavy atom. The molecule has 1 aromatic carbocycles. The highest BCUT2D eigenvalue weighted by Gasteiger charge is 2.35. The SMILES string of the molecule is COc1nc(Nc2nccc(-c3ccc(OC4CCN(C(=O)[C@@H](O)C(F)F)CC4)c(C#N)c3)n2)ccc1N1CCN(C2COC2)[C@H](C)C1. The van der Waals surface area contributed by atoms with Crippen molar-refractivity contribution in [3.63, 3.8) is 0 Å². The summed E-state index contributed by atoms with van der Waals surface area (Å²) in [6, 6.07) is 13.8. The molecule has 3 saturated heterocycles. The number of pyridine rings is 1. The fourth-order valence-corrected chi connectivity index (χ4v) is 6.28. The predicted molar refractivity (Wildman–Crippen MR) is 171 cm³/mol. The first-order valence-corrected chi connectivity index (χ1v) is 15.9. The lowest BCUT2D eigenvalue weighted by atomic mass is 10.1. The van der Waals surface area contributed by atoms with Gasteiger partial charge in [0.15, 0.2) is 6.10 Å². The first kappa shape index (κ1) is 33.3. The van der Waals surface area contributed by atoms with Crippen LogP contribution in [0.3, 0.4) is 0 Å². The number of nitriles is 1. The summed E-state index contributed by atoms with van der Waals surface area (Å²) in [5, 5.41) is 22.4. The molecule has 3 fully saturated rings. The lowest BCUT2D eigenvalue weighted by Crippen LogP contribution is -2.60. The van der Waals surface area contributed by atoms with Crippen molar-refractivity contribution in [2.45, 2.75) is 50.5 Å². The molecular formula is C33H38F2N8O5. The minimum Gasteiger partial charge on any atom is -0.489 e. The van der Waals surface area contributed by atoms with Crippen LogP contribution in [-0.4, -0.2) is 120 Å². The van der Waals surface area contributed by atoms with Crippen molar-refractivity contribution in [3.8, 4) is 29.0 Å². The van der Waals surface area contributed by atoms with Gasteiger partial charge in [-0.15, -0.1) is 0 Å². The Hall–Kier alpha value is -4.65. The smallest absolute Gasteiger partial charge is 0.273 e. The maximum Gasteiger partial charge on any atom is 0.273 e. The second kappa shape index (κ2) is 14.6. The summed E-state index contributed by atoms with van der Waals surface area (Å²) in [4.78, 5) is 31.7. The molecule has 5 heterocycles. The average Bonchev–Trinajstić information content (AvgIpc) is 3.08. The van der Waals surface area contributed by atoms with E-state index in [9.17, 15) is 23.9 Å². The van der Waals surface area contributed by atoms with Gasteiger partial charge in [-0.3, -0.25) is 9.69 Å². The first-order valence-electron chi connectivity index (χ1n) is 15.9. The third kappa shape index (κ3) is 7.25. The number of benzene rings is 1. The number of amides is 1. The molecule has 48 heavy (non-hydrogen) atoms. The highest BCUT2D eigenvalue weighted by Crippen LogP contribution is 2.32. The molecule has 2 N–H and O–H groups in total. The molecule has 3 aliphatic rings. The van der Waals surface area contributed by atoms with Crippen LogP contribution in [-0.2, 0) is 9.53 Å². The number of alkyl halides is 2. The van der Waals surface area contributed by atoms with Crippen LogP contribution in [0.5, 0.6) is 11.6 Å². The van der Waals surface area contributed by atoms with Crippen LogP contribution in [0.25, 0.3) is 11.3 Å². The van der Waals surface area contributed by atoms with Crippen molar-refractivity contribution < 1.29 is 32.9 Å². The van der Waals surface area contributed by atoms with Gasteiger partial charge < -0.3 is 34.4 Å². The van der Waals surface area contributed by atoms with Gasteiger partial charge in [-0.25, -0.2) is 18.7 Å². The number of nitrogens with one attached hydrogen (secondary N) is 1. The lowest BCUT2D eigenvalue weighted by molar-refractivity contribution is -0.150. The van der Waals surface area contributed by atoms with Crippen molar-refractivity contribution in [2.75, 3.05) is 63.3 Å². The molecule has 6 rings (SSSR count). The molecular weight excluding hydrogens is 626 g/mol. The number of hydrogen-bond donors (Lipinski definition) is 2. The molecule has 0 spiro atoms. The van der Waals surface area contributed by atoms with Gasteiger partial charge in [0.05, 0.1) is 37.6 Å². The van der Waals surface area contributed by atoms with E-state index in [-0.39, 0.29) is 19.2 Å². The zero-order chi connectivity index (χ0) is 33.8. The number of hydrogen-bond acceptors (Lipinski definition) is 12. The van der Waals surface area contributed by atoms with E-state index in [0.717, 1.165) is 38.5 Å². The molecule has 13 nitrogen and oxygen atoms in total. The summed E-state index contributed by atoms with van der Waals surface area (Å²) in [7, 11) is 1.60. The van der Waals surface area contributed by atoms with Crippen molar-refractivity contribution in [1.29, 1.82) is 5.26 Å². The summed E-state index contributed by atoms with van der Waals surface area (Å²) in [6.07, 6.45) is -3.42. The monoisotopic (exact) mass is 664 g/mol. The second-order valence-electron chi connectivity index (χ2n) is 12.1. The van der Waals surface area contributed by atoms with Crippen LogP contribution in [0.4, 0.5) is 26.2 Å². The Kier molecular flexibility index (Phi) is 10.1. The highest BCUT2D eigenvalue weighted by molar-refractivity contribution is 5.81. The standard InChI is InChI=1S/C33H38F2N8O5/c1-20-17-42(13-14-43(20)23-18-47-19-23)26-4-6-28(39-31(26)46-2)40-33-37-10-7-25(38-33)21-3-5-27(22(15-21)16-36)48-24-8-11-41(12-9-24)32(45)29(44)30(34)35/h3-7,10,15,20,23-24,29-30,44H,8-9,11-14,17-19H2,1-2H3,(H,37,38,39,40)/t20-,29+/m1/s1. The molecule has 0 radical (unpaired) electrons. The topological polar surface area (TPSA) is 149 Å². The number of nitrogens with zero attached hydrogens (tertiary/aromatic N) is 7. The van der Waals surface area contributed by atoms with Crippen LogP contribution in [0.15, 0.2) is 42.6 Å². The first-order chi connectivity index (χ1) is 23.2. The summed E-state index contributed by atoms with van der Waals surface area (Å²) >= 11 is 0. The number of rotatable bonds is 10. The fourth-order valence-electron chi connectivity index (χ4n) is 6.28. The number of anilines is 3. The minimum atomic E-state index is -3.13. The van der Waals surface area contributed by atoms with E-state index in [1.54, 1.807) is 37.6 Å². The van der Waals surface area contributed by atoms with Crippen LogP contribution in [0.1, 0.15) is 25.3 Å². The van der Waals surface area contributed by atoms with Crippen molar-refractivity contribution in [3.05, 3.63) is 48.2 Å². The molecule has 3 aromatic rings. The van der Waals surface area contributed by atoms with Crippen molar-refractivity contribution in [2.24, 2.45) is 0 Å². The second-order valence-corrected chi connectivity index (χ2v) is 12.1. The van der Waals surface area contributed by atoms with Crippen LogP contribution >= 0.6 is 0 Å². The number of methoxy groups -OCH3 is 1. The number of aromatic nitrogens is 3. The largest absolute Gasteiger partial charge is 0.489 e. The van der Waals surface area contributed by atoms with E-state index in [1.807, 2.05) is 12.1 Å². The predicted octanol–water partition coefficient (Wildman–Crippen LogP) is 3.07. The van der Waals surface area contributed by atoms with Gasteiger partial charge in [0, 0.05) is 63.4 Å². The van der Waals surface area contributed by atoms with Gasteiger partial charge >= 0.3 is 0 Å². The quantitative estimate of drug-likeness (QED) is 0.328. The number of likely N-dealkylation sites (tertiary alicyclic amines) is 1. The minimum absolute atomic E-state index is 0.167. The zero-order valence-corrected chi connectivity index (χ0v) is 26.8. The Balaban J connectivity index is 1.09. The summed E-state index contributed by atoms with van der Waals surface area (Å²) in [6.45, 7) is 6.82. The number of ether oxygens (including phenoxy) is 3. The van der Waals surface area contributed by atoms with Gasteiger partial charge in [0.1, 0.15) is 29.4 Å². The van der Waals surface area contributed by atoms with Crippen LogP contribution in [0, 0.1) is 11.3 Å². The van der Waals surface area contributed by atoms with Crippen molar-refractivity contribution in [1.82, 2.24) is 24.8 Å². The Morgan fingerprint density at radius 1 is 1.12 bits per heavy atom. The van der Waals surface area contributed by atoms with Gasteiger partial charge in [0.2, 0.25) is 11.8 Å². The van der Waals surface area contributed by atoms with E-state index < -0.39 is 18.4 Å². The summed E-state index contributed by atoms with van der Waals surface area (Å²) in [5.41, 5.74) is 2.47. The van der Waals surface area contributed by atoms with Gasteiger partial charge in [-0.1, -0.05) is 0 Å². The Labute approximate surface area is 277 Å². The normalized spacial score (nSPS) is 19.8. The van der Waals surface area contributed by atoms with E-state index in [1.165, 1.54) is 4.90 Å². The molecule has 2 aromatic heterocycles. The van der Waals surface area contributed by atoms with E-state index in [0.29, 0.717) is 65.1 Å². The molecule has 3 aliphatic heterocycles. The maximum absolute atomic E-state index is 12.7. The van der Waals surface area contributed by atoms with Gasteiger partial charge in [-0.2, -0.15) is 10.2 Å². The number of halogens is 2. The summed E-state index contributed by atoms with van der Waals surface area (Å²) < 4.78 is 42.6. The molecule has 0 bridgehead atoms. The summed E-state index contributed by atoms with van der Waals surface area (Å²) in [5.74, 6) is 0.715. The molecule has 0 aliphatic carbocycles. The number of piperidine rings is 1. The number of carbonyl (C=O) groups excluding carboxylic acids is 1. The number of carbonyl (C=O) groups is 1. The molecule has 0 saturated carbocycles. The third-order valence-corrected chi connectivity index (χ3v) is 8.97. The Bertz CT molecular complexity index is 1650. The highest BCUT2D eigenvalue weighted by atomic mass is 19.3. The lowest BCUT2D eigenvalue weighted by Gasteiger charge is -2.47. The Morgan fingerprint density at radius 2 is 1.92 bits per heavy atom. The number of aliphatic hydroxyl groups is 1. The van der Waals surface area contributed by atoms with Crippen LogP contribution in [0.2, 0.25) is 0 Å². The zero-order valence-electron chi connectivity index (χ0n) is 26.8. The van der Waals surface area contributed by atoms with E-state index in [2.05, 4.69) is 43.1 Å². The average molecular weight is 665 g/mol. The van der Waals surface area contributed by atoms with Gasteiger partial charge in [-0.05, 0) is 43.3 Å². The van der Waals surface area contributed by atoms with E-state index in [4.69, 9.17) is 14.2 Å². The molecule has 2 atom stereocenters. The van der Waals surface area contributed by atoms with E-state index >= 15 is 0 Å². The maximum atomic E-state index is 12.7. The van der Waals surface area contributed by atoms with Crippen LogP contribution < -0.4 is 19.7 Å². The molecule has 1 amide bonds. The molecule has 15 heteroatoms. The fraction of sp³-hybridized carbons (Fsp3) is 0.485. The third-order valence-electron chi connectivity index (χ3n) is 8.97.